The molecular weight excluding hydrogens is 420 g/mol. The minimum Gasteiger partial charge on any atom is -0.492 e. The van der Waals surface area contributed by atoms with Crippen LogP contribution in [0.2, 0.25) is 5.02 Å². The maximum Gasteiger partial charge on any atom is 0.278 e. The quantitative estimate of drug-likeness (QED) is 0.515. The number of nitrogens with zero attached hydrogens (tertiary/aromatic N) is 1. The first-order valence-electron chi connectivity index (χ1n) is 9.46. The zero-order chi connectivity index (χ0) is 21.1. The van der Waals surface area contributed by atoms with Crippen LogP contribution in [-0.4, -0.2) is 23.3 Å². The van der Waals surface area contributed by atoms with E-state index in [1.54, 1.807) is 12.1 Å². The van der Waals surface area contributed by atoms with Crippen LogP contribution in [0.3, 0.4) is 0 Å². The summed E-state index contributed by atoms with van der Waals surface area (Å²) in [6.07, 6.45) is 0. The highest BCUT2D eigenvalue weighted by molar-refractivity contribution is 7.11. The number of anilines is 1. The highest BCUT2D eigenvalue weighted by atomic mass is 35.5. The SMILES string of the molecule is CCOc1ccccc1NC1=C(c2cccs2)C(=O)N(Cc2ccc(Cl)cc2)C1=O. The van der Waals surface area contributed by atoms with Crippen molar-refractivity contribution in [2.24, 2.45) is 0 Å². The number of rotatable bonds is 7. The molecule has 0 atom stereocenters. The summed E-state index contributed by atoms with van der Waals surface area (Å²) in [7, 11) is 0. The van der Waals surface area contributed by atoms with Crippen molar-refractivity contribution in [3.05, 3.63) is 87.2 Å². The summed E-state index contributed by atoms with van der Waals surface area (Å²) in [5.74, 6) is -0.0760. The van der Waals surface area contributed by atoms with Gasteiger partial charge in [0, 0.05) is 9.90 Å². The van der Waals surface area contributed by atoms with E-state index in [9.17, 15) is 9.59 Å². The Morgan fingerprint density at radius 1 is 1.00 bits per heavy atom. The highest BCUT2D eigenvalue weighted by Crippen LogP contribution is 2.35. The molecule has 4 rings (SSSR count). The Balaban J connectivity index is 1.71. The first-order valence-corrected chi connectivity index (χ1v) is 10.7. The Kier molecular flexibility index (Phi) is 5.88. The second-order valence-electron chi connectivity index (χ2n) is 6.60. The molecule has 1 aliphatic rings. The van der Waals surface area contributed by atoms with E-state index < -0.39 is 0 Å². The van der Waals surface area contributed by atoms with Crippen LogP contribution in [0.1, 0.15) is 17.4 Å². The second-order valence-corrected chi connectivity index (χ2v) is 7.99. The first-order chi connectivity index (χ1) is 14.6. The molecule has 0 spiro atoms. The number of ether oxygens (including phenoxy) is 1. The fourth-order valence-corrected chi connectivity index (χ4v) is 4.14. The van der Waals surface area contributed by atoms with Crippen LogP contribution >= 0.6 is 22.9 Å². The third kappa shape index (κ3) is 3.97. The molecule has 3 aromatic rings. The van der Waals surface area contributed by atoms with Gasteiger partial charge in [0.05, 0.1) is 24.4 Å². The minimum atomic E-state index is -0.371. The van der Waals surface area contributed by atoms with Gasteiger partial charge in [0.25, 0.3) is 11.8 Å². The number of nitrogens with one attached hydrogen (secondary N) is 1. The van der Waals surface area contributed by atoms with E-state index in [-0.39, 0.29) is 24.1 Å². The van der Waals surface area contributed by atoms with Gasteiger partial charge < -0.3 is 10.1 Å². The third-order valence-electron chi connectivity index (χ3n) is 4.64. The second kappa shape index (κ2) is 8.73. The van der Waals surface area contributed by atoms with Gasteiger partial charge in [-0.15, -0.1) is 11.3 Å². The average Bonchev–Trinajstić information content (AvgIpc) is 3.34. The van der Waals surface area contributed by atoms with Gasteiger partial charge in [0.15, 0.2) is 0 Å². The van der Waals surface area contributed by atoms with Crippen molar-refractivity contribution in [2.45, 2.75) is 13.5 Å². The van der Waals surface area contributed by atoms with Crippen molar-refractivity contribution >= 4 is 46.0 Å². The lowest BCUT2D eigenvalue weighted by Gasteiger charge is -2.16. The van der Waals surface area contributed by atoms with Crippen LogP contribution in [0, 0.1) is 0 Å². The molecule has 0 bridgehead atoms. The van der Waals surface area contributed by atoms with Gasteiger partial charge in [0.1, 0.15) is 11.4 Å². The first kappa shape index (κ1) is 20.2. The van der Waals surface area contributed by atoms with E-state index in [1.807, 2.05) is 60.8 Å². The molecule has 2 amide bonds. The fraction of sp³-hybridized carbons (Fsp3) is 0.130. The molecule has 0 saturated heterocycles. The topological polar surface area (TPSA) is 58.6 Å². The zero-order valence-corrected chi connectivity index (χ0v) is 17.8. The lowest BCUT2D eigenvalue weighted by atomic mass is 10.1. The summed E-state index contributed by atoms with van der Waals surface area (Å²) in [5.41, 5.74) is 2.08. The van der Waals surface area contributed by atoms with Crippen molar-refractivity contribution < 1.29 is 14.3 Å². The summed E-state index contributed by atoms with van der Waals surface area (Å²) in [4.78, 5) is 28.5. The standard InChI is InChI=1S/C23H19ClN2O3S/c1-2-29-18-7-4-3-6-17(18)25-21-20(19-8-5-13-30-19)22(27)26(23(21)28)14-15-9-11-16(24)12-10-15/h3-13,25H,2,14H2,1H3. The van der Waals surface area contributed by atoms with E-state index in [1.165, 1.54) is 16.2 Å². The number of imide groups is 1. The molecule has 2 heterocycles. The predicted octanol–water partition coefficient (Wildman–Crippen LogP) is 5.19. The monoisotopic (exact) mass is 438 g/mol. The summed E-state index contributed by atoms with van der Waals surface area (Å²) in [6.45, 7) is 2.55. The van der Waals surface area contributed by atoms with Crippen LogP contribution in [0.4, 0.5) is 5.69 Å². The molecule has 0 aliphatic carbocycles. The molecule has 2 aromatic carbocycles. The average molecular weight is 439 g/mol. The normalized spacial score (nSPS) is 13.9. The van der Waals surface area contributed by atoms with Gasteiger partial charge in [-0.25, -0.2) is 0 Å². The molecule has 0 fully saturated rings. The van der Waals surface area contributed by atoms with Crippen molar-refractivity contribution in [3.8, 4) is 5.75 Å². The van der Waals surface area contributed by atoms with Crippen LogP contribution in [0.15, 0.2) is 71.7 Å². The smallest absolute Gasteiger partial charge is 0.278 e. The Morgan fingerprint density at radius 3 is 2.47 bits per heavy atom. The maximum atomic E-state index is 13.3. The number of benzene rings is 2. The van der Waals surface area contributed by atoms with Gasteiger partial charge in [-0.1, -0.05) is 41.9 Å². The van der Waals surface area contributed by atoms with Gasteiger partial charge in [0.2, 0.25) is 0 Å². The number of carbonyl (C=O) groups is 2. The van der Waals surface area contributed by atoms with E-state index in [4.69, 9.17) is 16.3 Å². The van der Waals surface area contributed by atoms with Crippen molar-refractivity contribution in [1.29, 1.82) is 0 Å². The van der Waals surface area contributed by atoms with Crippen molar-refractivity contribution in [2.75, 3.05) is 11.9 Å². The molecule has 1 aromatic heterocycles. The number of halogens is 1. The zero-order valence-electron chi connectivity index (χ0n) is 16.2. The molecule has 7 heteroatoms. The summed E-state index contributed by atoms with van der Waals surface area (Å²) >= 11 is 7.37. The molecule has 5 nitrogen and oxygen atoms in total. The Hall–Kier alpha value is -3.09. The van der Waals surface area contributed by atoms with Gasteiger partial charge >= 0.3 is 0 Å². The Labute approximate surface area is 183 Å². The van der Waals surface area contributed by atoms with Gasteiger partial charge in [-0.05, 0) is 48.2 Å². The molecule has 1 N–H and O–H groups in total. The summed E-state index contributed by atoms with van der Waals surface area (Å²) in [6, 6.07) is 18.2. The molecular formula is C23H19ClN2O3S. The molecule has 152 valence electrons. The number of carbonyl (C=O) groups excluding carboxylic acids is 2. The van der Waals surface area contributed by atoms with E-state index >= 15 is 0 Å². The summed E-state index contributed by atoms with van der Waals surface area (Å²) in [5, 5.41) is 5.65. The van der Waals surface area contributed by atoms with Crippen LogP contribution < -0.4 is 10.1 Å². The van der Waals surface area contributed by atoms with Crippen LogP contribution in [-0.2, 0) is 16.1 Å². The molecule has 0 saturated carbocycles. The largest absolute Gasteiger partial charge is 0.492 e. The van der Waals surface area contributed by atoms with Crippen LogP contribution in [0.5, 0.6) is 5.75 Å². The van der Waals surface area contributed by atoms with Crippen molar-refractivity contribution in [1.82, 2.24) is 4.90 Å². The lowest BCUT2D eigenvalue weighted by molar-refractivity contribution is -0.137. The lowest BCUT2D eigenvalue weighted by Crippen LogP contribution is -2.31. The van der Waals surface area contributed by atoms with Crippen molar-refractivity contribution in [3.63, 3.8) is 0 Å². The molecule has 0 unspecified atom stereocenters. The van der Waals surface area contributed by atoms with E-state index in [0.717, 1.165) is 10.4 Å². The number of thiophene rings is 1. The number of para-hydroxylation sites is 2. The summed E-state index contributed by atoms with van der Waals surface area (Å²) < 4.78 is 5.66. The number of amides is 2. The number of hydrogen-bond acceptors (Lipinski definition) is 5. The molecule has 1 aliphatic heterocycles. The van der Waals surface area contributed by atoms with E-state index in [0.29, 0.717) is 28.6 Å². The maximum absolute atomic E-state index is 13.3. The minimum absolute atomic E-state index is 0.169. The third-order valence-corrected chi connectivity index (χ3v) is 5.78. The van der Waals surface area contributed by atoms with Gasteiger partial charge in [-0.3, -0.25) is 14.5 Å². The molecule has 0 radical (unpaired) electrons. The predicted molar refractivity (Wildman–Crippen MR) is 119 cm³/mol. The Morgan fingerprint density at radius 2 is 1.77 bits per heavy atom. The Bertz CT molecular complexity index is 1110. The molecule has 30 heavy (non-hydrogen) atoms. The van der Waals surface area contributed by atoms with Crippen LogP contribution in [0.25, 0.3) is 5.57 Å². The fourth-order valence-electron chi connectivity index (χ4n) is 3.24. The number of hydrogen-bond donors (Lipinski definition) is 1. The van der Waals surface area contributed by atoms with E-state index in [2.05, 4.69) is 5.32 Å². The van der Waals surface area contributed by atoms with Gasteiger partial charge in [-0.2, -0.15) is 0 Å². The highest BCUT2D eigenvalue weighted by Gasteiger charge is 2.39.